The van der Waals surface area contributed by atoms with Gasteiger partial charge in [0.15, 0.2) is 0 Å². The van der Waals surface area contributed by atoms with Gasteiger partial charge in [-0.2, -0.15) is 0 Å². The molecule has 0 bridgehead atoms. The van der Waals surface area contributed by atoms with Gasteiger partial charge in [-0.1, -0.05) is 67.5 Å². The van der Waals surface area contributed by atoms with E-state index in [0.29, 0.717) is 33.9 Å². The summed E-state index contributed by atoms with van der Waals surface area (Å²) in [5.74, 6) is 5.12. The molecule has 0 radical (unpaired) electrons. The Kier molecular flexibility index (Phi) is 6.12. The molecule has 0 aliphatic heterocycles. The molecule has 32 heavy (non-hydrogen) atoms. The van der Waals surface area contributed by atoms with Crippen LogP contribution >= 0.6 is 0 Å². The van der Waals surface area contributed by atoms with Gasteiger partial charge in [-0.15, -0.1) is 0 Å². The van der Waals surface area contributed by atoms with E-state index in [9.17, 15) is 4.79 Å². The minimum atomic E-state index is -0.127. The number of rotatable bonds is 5. The number of fused-ring (bicyclic) bond motifs is 5. The van der Waals surface area contributed by atoms with Crippen LogP contribution in [-0.4, -0.2) is 5.78 Å². The minimum absolute atomic E-state index is 0.127. The molecule has 4 fully saturated rings. The summed E-state index contributed by atoms with van der Waals surface area (Å²) >= 11 is 0. The lowest BCUT2D eigenvalue weighted by Gasteiger charge is -2.69. The summed E-state index contributed by atoms with van der Waals surface area (Å²) in [6.45, 7) is 24.0. The van der Waals surface area contributed by atoms with Crippen molar-refractivity contribution in [1.82, 2.24) is 0 Å². The average Bonchev–Trinajstić information content (AvgIpc) is 3.07. The molecule has 0 aromatic carbocycles. The standard InChI is InChI=1S/C31H52O/c1-20(2)21(3)10-11-22(4)23-14-18-30(8)24(23)12-13-26-29(7)17-16-27(32)28(5,6)25(29)15-19-31(26,30)9/h20,22-26H,3,10-19H2,1-2,4-9H3/t22-,23-,24+,25?,26-,29+,30+,31-/m1/s1. The van der Waals surface area contributed by atoms with Crippen LogP contribution in [-0.2, 0) is 4.79 Å². The predicted octanol–water partition coefficient (Wildman–Crippen LogP) is 8.87. The van der Waals surface area contributed by atoms with Gasteiger partial charge in [0.1, 0.15) is 5.78 Å². The second kappa shape index (κ2) is 7.98. The summed E-state index contributed by atoms with van der Waals surface area (Å²) in [5, 5.41) is 0. The Hall–Kier alpha value is -0.590. The van der Waals surface area contributed by atoms with Crippen molar-refractivity contribution in [3.8, 4) is 0 Å². The van der Waals surface area contributed by atoms with Gasteiger partial charge in [0.25, 0.3) is 0 Å². The molecule has 0 aromatic rings. The average molecular weight is 441 g/mol. The highest BCUT2D eigenvalue weighted by Gasteiger charge is 2.68. The Morgan fingerprint density at radius 3 is 2.22 bits per heavy atom. The first-order chi connectivity index (χ1) is 14.8. The number of allylic oxidation sites excluding steroid dienone is 1. The van der Waals surface area contributed by atoms with Crippen molar-refractivity contribution in [3.63, 3.8) is 0 Å². The monoisotopic (exact) mass is 440 g/mol. The first-order valence-electron chi connectivity index (χ1n) is 14.0. The summed E-state index contributed by atoms with van der Waals surface area (Å²) in [7, 11) is 0. The number of hydrogen-bond acceptors (Lipinski definition) is 1. The van der Waals surface area contributed by atoms with Crippen LogP contribution in [0.1, 0.15) is 120 Å². The van der Waals surface area contributed by atoms with Crippen LogP contribution in [0.5, 0.6) is 0 Å². The van der Waals surface area contributed by atoms with Crippen LogP contribution in [0.25, 0.3) is 0 Å². The topological polar surface area (TPSA) is 17.1 Å². The highest BCUT2D eigenvalue weighted by molar-refractivity contribution is 5.85. The van der Waals surface area contributed by atoms with Gasteiger partial charge >= 0.3 is 0 Å². The van der Waals surface area contributed by atoms with Crippen molar-refractivity contribution in [2.24, 2.45) is 57.2 Å². The van der Waals surface area contributed by atoms with Crippen LogP contribution in [0.2, 0.25) is 0 Å². The number of carbonyl (C=O) groups is 1. The van der Waals surface area contributed by atoms with E-state index in [1.807, 2.05) is 0 Å². The SMILES string of the molecule is C=C(CC[C@@H](C)[C@H]1CC[C@@]2(C)[C@H]1CC[C@@H]1[C@@]3(C)CCC(=O)C(C)(C)C3CC[C@]12C)C(C)C. The Morgan fingerprint density at radius 2 is 1.56 bits per heavy atom. The van der Waals surface area contributed by atoms with E-state index in [0.717, 1.165) is 36.5 Å². The Labute approximate surface area is 199 Å². The highest BCUT2D eigenvalue weighted by atomic mass is 16.1. The lowest BCUT2D eigenvalue weighted by molar-refractivity contribution is -0.203. The molecule has 1 nitrogen and oxygen atoms in total. The van der Waals surface area contributed by atoms with Gasteiger partial charge in [-0.3, -0.25) is 4.79 Å². The third-order valence-electron chi connectivity index (χ3n) is 12.7. The largest absolute Gasteiger partial charge is 0.299 e. The second-order valence-corrected chi connectivity index (χ2v) is 14.3. The van der Waals surface area contributed by atoms with E-state index < -0.39 is 0 Å². The summed E-state index contributed by atoms with van der Waals surface area (Å²) in [4.78, 5) is 12.9. The second-order valence-electron chi connectivity index (χ2n) is 14.3. The maximum absolute atomic E-state index is 12.9. The molecule has 4 aliphatic carbocycles. The molecule has 8 atom stereocenters. The van der Waals surface area contributed by atoms with Crippen LogP contribution in [0, 0.1) is 57.2 Å². The molecular weight excluding hydrogens is 388 g/mol. The normalized spacial score (nSPS) is 46.3. The third-order valence-corrected chi connectivity index (χ3v) is 12.7. The maximum Gasteiger partial charge on any atom is 0.138 e. The molecule has 0 spiro atoms. The van der Waals surface area contributed by atoms with Crippen molar-refractivity contribution >= 4 is 5.78 Å². The zero-order valence-corrected chi connectivity index (χ0v) is 22.7. The lowest BCUT2D eigenvalue weighted by atomic mass is 9.35. The van der Waals surface area contributed by atoms with Crippen LogP contribution < -0.4 is 0 Å². The number of Topliss-reactive ketones (excluding diaryl/α,β-unsaturated/α-hetero) is 1. The smallest absolute Gasteiger partial charge is 0.138 e. The molecule has 0 saturated heterocycles. The van der Waals surface area contributed by atoms with Crippen molar-refractivity contribution in [2.45, 2.75) is 120 Å². The first kappa shape index (κ1) is 24.5. The van der Waals surface area contributed by atoms with E-state index in [2.05, 4.69) is 62.0 Å². The quantitative estimate of drug-likeness (QED) is 0.390. The minimum Gasteiger partial charge on any atom is -0.299 e. The van der Waals surface area contributed by atoms with Gasteiger partial charge in [0, 0.05) is 11.8 Å². The number of hydrogen-bond donors (Lipinski definition) is 0. The van der Waals surface area contributed by atoms with Crippen LogP contribution in [0.15, 0.2) is 12.2 Å². The number of carbonyl (C=O) groups excluding carboxylic acids is 1. The van der Waals surface area contributed by atoms with Gasteiger partial charge < -0.3 is 0 Å². The van der Waals surface area contributed by atoms with E-state index in [1.54, 1.807) is 0 Å². The van der Waals surface area contributed by atoms with Gasteiger partial charge in [0.05, 0.1) is 0 Å². The zero-order valence-electron chi connectivity index (χ0n) is 22.7. The van der Waals surface area contributed by atoms with Crippen molar-refractivity contribution < 1.29 is 4.79 Å². The van der Waals surface area contributed by atoms with Crippen molar-refractivity contribution in [3.05, 3.63) is 12.2 Å². The fourth-order valence-corrected chi connectivity index (χ4v) is 10.2. The lowest BCUT2D eigenvalue weighted by Crippen LogP contribution is -2.63. The fourth-order valence-electron chi connectivity index (χ4n) is 10.2. The summed E-state index contributed by atoms with van der Waals surface area (Å²) in [5.41, 5.74) is 2.57. The summed E-state index contributed by atoms with van der Waals surface area (Å²) in [6.07, 6.45) is 12.8. The van der Waals surface area contributed by atoms with Crippen molar-refractivity contribution in [2.75, 3.05) is 0 Å². The molecule has 1 heteroatoms. The molecule has 4 saturated carbocycles. The Bertz CT molecular complexity index is 760. The summed E-state index contributed by atoms with van der Waals surface area (Å²) < 4.78 is 0. The number of ketones is 1. The molecule has 0 aromatic heterocycles. The van der Waals surface area contributed by atoms with Gasteiger partial charge in [0.2, 0.25) is 0 Å². The van der Waals surface area contributed by atoms with E-state index in [-0.39, 0.29) is 5.41 Å². The predicted molar refractivity (Wildman–Crippen MR) is 136 cm³/mol. The van der Waals surface area contributed by atoms with Gasteiger partial charge in [-0.25, -0.2) is 0 Å². The highest BCUT2D eigenvalue weighted by Crippen LogP contribution is 2.75. The first-order valence-corrected chi connectivity index (χ1v) is 14.0. The molecule has 182 valence electrons. The molecule has 0 heterocycles. The van der Waals surface area contributed by atoms with E-state index in [1.165, 1.54) is 56.9 Å². The van der Waals surface area contributed by atoms with E-state index >= 15 is 0 Å². The fraction of sp³-hybridized carbons (Fsp3) is 0.903. The van der Waals surface area contributed by atoms with Crippen LogP contribution in [0.3, 0.4) is 0 Å². The van der Waals surface area contributed by atoms with Gasteiger partial charge in [-0.05, 0) is 110 Å². The van der Waals surface area contributed by atoms with Crippen LogP contribution in [0.4, 0.5) is 0 Å². The molecule has 0 amide bonds. The molecule has 4 rings (SSSR count). The Morgan fingerprint density at radius 1 is 0.906 bits per heavy atom. The maximum atomic E-state index is 12.9. The third kappa shape index (κ3) is 3.33. The molecule has 0 N–H and O–H groups in total. The molecule has 4 aliphatic rings. The molecular formula is C31H52O. The summed E-state index contributed by atoms with van der Waals surface area (Å²) in [6, 6.07) is 0. The Balaban J connectivity index is 1.57. The van der Waals surface area contributed by atoms with Crippen molar-refractivity contribution in [1.29, 1.82) is 0 Å². The zero-order chi connectivity index (χ0) is 23.7. The van der Waals surface area contributed by atoms with E-state index in [4.69, 9.17) is 0 Å². The molecule has 1 unspecified atom stereocenters.